The van der Waals surface area contributed by atoms with E-state index < -0.39 is 11.1 Å². The second-order valence-electron chi connectivity index (χ2n) is 4.85. The molecule has 21 heavy (non-hydrogen) atoms. The van der Waals surface area contributed by atoms with Crippen molar-refractivity contribution in [3.8, 4) is 0 Å². The molecule has 2 heterocycles. The van der Waals surface area contributed by atoms with Crippen molar-refractivity contribution in [2.24, 2.45) is 4.99 Å². The van der Waals surface area contributed by atoms with E-state index >= 15 is 0 Å². The molecule has 1 aromatic carbocycles. The number of nitrogens with zero attached hydrogens (tertiary/aromatic N) is 2. The Morgan fingerprint density at radius 1 is 1.48 bits per heavy atom. The Morgan fingerprint density at radius 3 is 3.05 bits per heavy atom. The zero-order valence-electron chi connectivity index (χ0n) is 11.2. The van der Waals surface area contributed by atoms with Gasteiger partial charge in [-0.05, 0) is 18.6 Å². The molecule has 5 nitrogen and oxygen atoms in total. The lowest BCUT2D eigenvalue weighted by Gasteiger charge is -2.19. The number of nitrogens with one attached hydrogen (secondary N) is 1. The maximum atomic E-state index is 13.5. The molecule has 0 aromatic heterocycles. The second-order valence-corrected chi connectivity index (χ2v) is 6.02. The molecule has 2 aliphatic rings. The van der Waals surface area contributed by atoms with Crippen LogP contribution in [0, 0.1) is 5.82 Å². The molecule has 2 aliphatic heterocycles. The minimum atomic E-state index is -0.488. The van der Waals surface area contributed by atoms with Crippen LogP contribution in [0.5, 0.6) is 0 Å². The van der Waals surface area contributed by atoms with Crippen molar-refractivity contribution in [2.45, 2.75) is 18.1 Å². The molecule has 1 atom stereocenters. The fraction of sp³-hybridized carbons (Fsp3) is 0.357. The van der Waals surface area contributed by atoms with Crippen LogP contribution in [0.3, 0.4) is 0 Å². The lowest BCUT2D eigenvalue weighted by Crippen LogP contribution is -2.36. The Morgan fingerprint density at radius 2 is 2.29 bits per heavy atom. The summed E-state index contributed by atoms with van der Waals surface area (Å²) in [7, 11) is 0. The van der Waals surface area contributed by atoms with Gasteiger partial charge in [0.25, 0.3) is 0 Å². The van der Waals surface area contributed by atoms with Gasteiger partial charge >= 0.3 is 0 Å². The quantitative estimate of drug-likeness (QED) is 0.927. The Hall–Kier alpha value is -1.89. The van der Waals surface area contributed by atoms with Gasteiger partial charge in [-0.1, -0.05) is 23.9 Å². The normalized spacial score (nSPS) is 21.0. The summed E-state index contributed by atoms with van der Waals surface area (Å²) in [4.78, 5) is 30.1. The van der Waals surface area contributed by atoms with Crippen molar-refractivity contribution < 1.29 is 14.0 Å². The molecule has 2 amide bonds. The van der Waals surface area contributed by atoms with E-state index in [1.165, 1.54) is 23.9 Å². The molecule has 3 rings (SSSR count). The maximum Gasteiger partial charge on any atom is 0.242 e. The summed E-state index contributed by atoms with van der Waals surface area (Å²) < 4.78 is 13.5. The van der Waals surface area contributed by atoms with Gasteiger partial charge < -0.3 is 5.32 Å². The second kappa shape index (κ2) is 5.85. The number of carbonyl (C=O) groups is 2. The van der Waals surface area contributed by atoms with Crippen molar-refractivity contribution >= 4 is 34.4 Å². The van der Waals surface area contributed by atoms with Gasteiger partial charge in [0.2, 0.25) is 11.8 Å². The number of anilines is 1. The van der Waals surface area contributed by atoms with Gasteiger partial charge in [0.05, 0.1) is 5.69 Å². The van der Waals surface area contributed by atoms with Gasteiger partial charge in [0.1, 0.15) is 11.1 Å². The van der Waals surface area contributed by atoms with Crippen LogP contribution in [-0.2, 0) is 9.59 Å². The number of hydrogen-bond donors (Lipinski definition) is 1. The van der Waals surface area contributed by atoms with E-state index in [0.29, 0.717) is 11.7 Å². The Kier molecular flexibility index (Phi) is 3.92. The van der Waals surface area contributed by atoms with Gasteiger partial charge in [0.15, 0.2) is 5.17 Å². The first-order chi connectivity index (χ1) is 10.1. The molecule has 1 fully saturated rings. The van der Waals surface area contributed by atoms with Crippen molar-refractivity contribution in [1.29, 1.82) is 0 Å². The lowest BCUT2D eigenvalue weighted by atomic mass is 10.2. The Bertz CT molecular complexity index is 620. The van der Waals surface area contributed by atoms with Gasteiger partial charge in [-0.25, -0.2) is 4.39 Å². The predicted molar refractivity (Wildman–Crippen MR) is 79.7 cm³/mol. The minimum absolute atomic E-state index is 0.0212. The van der Waals surface area contributed by atoms with E-state index in [0.717, 1.165) is 13.0 Å². The fourth-order valence-electron chi connectivity index (χ4n) is 2.30. The highest BCUT2D eigenvalue weighted by Gasteiger charge is 2.39. The van der Waals surface area contributed by atoms with Crippen LogP contribution < -0.4 is 5.32 Å². The molecular weight excluding hydrogens is 293 g/mol. The number of halogens is 1. The van der Waals surface area contributed by atoms with E-state index in [1.807, 2.05) is 0 Å². The monoisotopic (exact) mass is 307 g/mol. The summed E-state index contributed by atoms with van der Waals surface area (Å²) in [6, 6.07) is 5.96. The SMILES string of the molecule is O=C(CC1SC2=NCCCN2C1=O)Nc1ccccc1F. The van der Waals surface area contributed by atoms with Crippen LogP contribution in [0.4, 0.5) is 10.1 Å². The molecule has 0 radical (unpaired) electrons. The van der Waals surface area contributed by atoms with Crippen LogP contribution in [0.1, 0.15) is 12.8 Å². The lowest BCUT2D eigenvalue weighted by molar-refractivity contribution is -0.128. The van der Waals surface area contributed by atoms with E-state index in [2.05, 4.69) is 10.3 Å². The summed E-state index contributed by atoms with van der Waals surface area (Å²) in [5, 5.41) is 2.74. The van der Waals surface area contributed by atoms with Crippen molar-refractivity contribution in [3.05, 3.63) is 30.1 Å². The van der Waals surface area contributed by atoms with E-state index in [4.69, 9.17) is 0 Å². The van der Waals surface area contributed by atoms with Gasteiger partial charge in [-0.3, -0.25) is 19.5 Å². The average Bonchev–Trinajstić information content (AvgIpc) is 2.78. The van der Waals surface area contributed by atoms with E-state index in [-0.39, 0.29) is 23.9 Å². The van der Waals surface area contributed by atoms with E-state index in [1.54, 1.807) is 17.0 Å². The minimum Gasteiger partial charge on any atom is -0.324 e. The van der Waals surface area contributed by atoms with Crippen molar-refractivity contribution in [2.75, 3.05) is 18.4 Å². The highest BCUT2D eigenvalue weighted by atomic mass is 32.2. The van der Waals surface area contributed by atoms with Crippen molar-refractivity contribution in [1.82, 2.24) is 4.90 Å². The van der Waals surface area contributed by atoms with Crippen LogP contribution >= 0.6 is 11.8 Å². The highest BCUT2D eigenvalue weighted by Crippen LogP contribution is 2.31. The number of benzene rings is 1. The molecule has 0 saturated carbocycles. The first-order valence-corrected chi connectivity index (χ1v) is 7.60. The van der Waals surface area contributed by atoms with E-state index in [9.17, 15) is 14.0 Å². The molecule has 1 N–H and O–H groups in total. The average molecular weight is 307 g/mol. The Labute approximate surface area is 125 Å². The maximum absolute atomic E-state index is 13.5. The molecule has 1 saturated heterocycles. The predicted octanol–water partition coefficient (Wildman–Crippen LogP) is 1.86. The number of amidine groups is 1. The summed E-state index contributed by atoms with van der Waals surface area (Å²) in [6.07, 6.45) is 0.872. The summed E-state index contributed by atoms with van der Waals surface area (Å²) >= 11 is 1.32. The first-order valence-electron chi connectivity index (χ1n) is 6.72. The third kappa shape index (κ3) is 2.92. The number of fused-ring (bicyclic) bond motifs is 1. The zero-order valence-corrected chi connectivity index (χ0v) is 12.0. The topological polar surface area (TPSA) is 61.8 Å². The number of thioether (sulfide) groups is 1. The van der Waals surface area contributed by atoms with Gasteiger partial charge in [-0.2, -0.15) is 0 Å². The summed E-state index contributed by atoms with van der Waals surface area (Å²) in [6.45, 7) is 1.39. The molecule has 0 bridgehead atoms. The number of carbonyl (C=O) groups excluding carboxylic acids is 2. The smallest absolute Gasteiger partial charge is 0.242 e. The number of amides is 2. The zero-order chi connectivity index (χ0) is 14.8. The molecule has 0 aliphatic carbocycles. The van der Waals surface area contributed by atoms with Crippen LogP contribution in [0.25, 0.3) is 0 Å². The third-order valence-electron chi connectivity index (χ3n) is 3.33. The highest BCUT2D eigenvalue weighted by molar-refractivity contribution is 8.15. The first kappa shape index (κ1) is 14.1. The molecule has 7 heteroatoms. The third-order valence-corrected chi connectivity index (χ3v) is 4.54. The Balaban J connectivity index is 1.63. The summed E-state index contributed by atoms with van der Waals surface area (Å²) in [5.74, 6) is -0.938. The standard InChI is InChI=1S/C14H14FN3O2S/c15-9-4-1-2-5-10(9)17-12(19)8-11-13(20)18-7-3-6-16-14(18)21-11/h1-2,4-5,11H,3,6-8H2,(H,17,19). The van der Waals surface area contributed by atoms with Gasteiger partial charge in [0, 0.05) is 19.5 Å². The van der Waals surface area contributed by atoms with Crippen LogP contribution in [-0.4, -0.2) is 40.2 Å². The molecular formula is C14H14FN3O2S. The molecule has 110 valence electrons. The largest absolute Gasteiger partial charge is 0.324 e. The van der Waals surface area contributed by atoms with Gasteiger partial charge in [-0.15, -0.1) is 0 Å². The van der Waals surface area contributed by atoms with Crippen LogP contribution in [0.15, 0.2) is 29.3 Å². The molecule has 1 unspecified atom stereocenters. The molecule has 0 spiro atoms. The number of para-hydroxylation sites is 1. The number of rotatable bonds is 3. The fourth-order valence-corrected chi connectivity index (χ4v) is 3.49. The number of aliphatic imine (C=N–C) groups is 1. The molecule has 1 aromatic rings. The van der Waals surface area contributed by atoms with Crippen molar-refractivity contribution in [3.63, 3.8) is 0 Å². The van der Waals surface area contributed by atoms with Crippen LogP contribution in [0.2, 0.25) is 0 Å². The number of hydrogen-bond acceptors (Lipinski definition) is 4. The summed E-state index contributed by atoms with van der Waals surface area (Å²) in [5.41, 5.74) is 0.132.